The van der Waals surface area contributed by atoms with E-state index in [4.69, 9.17) is 24.4 Å². The van der Waals surface area contributed by atoms with Gasteiger partial charge in [-0.2, -0.15) is 0 Å². The van der Waals surface area contributed by atoms with Crippen molar-refractivity contribution in [2.24, 2.45) is 10.8 Å². The third kappa shape index (κ3) is 4.24. The van der Waals surface area contributed by atoms with Crippen molar-refractivity contribution in [3.8, 4) is 0 Å². The van der Waals surface area contributed by atoms with E-state index in [1.165, 1.54) is 0 Å². The molecule has 2 aliphatic heterocycles. The van der Waals surface area contributed by atoms with Crippen LogP contribution < -0.4 is 10.6 Å². The Morgan fingerprint density at radius 3 is 1.44 bits per heavy atom. The minimum absolute atomic E-state index is 0.301. The second-order valence-electron chi connectivity index (χ2n) is 9.65. The molecule has 2 saturated heterocycles. The van der Waals surface area contributed by atoms with Gasteiger partial charge < -0.3 is 20.4 Å². The van der Waals surface area contributed by atoms with E-state index in [0.717, 1.165) is 22.5 Å². The summed E-state index contributed by atoms with van der Waals surface area (Å²) in [7, 11) is 0. The largest absolute Gasteiger partial charge is 0.347 e. The summed E-state index contributed by atoms with van der Waals surface area (Å²) in [6.07, 6.45) is 0. The van der Waals surface area contributed by atoms with Crippen LogP contribution in [0.4, 0.5) is 11.4 Å². The Morgan fingerprint density at radius 1 is 0.750 bits per heavy atom. The molecule has 7 heteroatoms. The number of carbonyl (C=O) groups excluding carboxylic acids is 1. The molecule has 2 bridgehead atoms. The number of thiocarbonyl (C=S) groups is 2. The molecular weight excluding hydrogens is 436 g/mol. The number of carbonyl (C=O) groups is 1. The Labute approximate surface area is 201 Å². The minimum Gasteiger partial charge on any atom is -0.347 e. The molecule has 0 aliphatic carbocycles. The number of hydrogen-bond donors (Lipinski definition) is 2. The fourth-order valence-corrected chi connectivity index (χ4v) is 5.49. The maximum absolute atomic E-state index is 13.4. The molecule has 2 aliphatic rings. The fourth-order valence-electron chi connectivity index (χ4n) is 5.01. The van der Waals surface area contributed by atoms with Crippen LogP contribution in [0.5, 0.6) is 0 Å². The summed E-state index contributed by atoms with van der Waals surface area (Å²) in [5, 5.41) is 8.10. The predicted molar refractivity (Wildman–Crippen MR) is 139 cm³/mol. The number of benzene rings is 2. The Balaban J connectivity index is 1.51. The van der Waals surface area contributed by atoms with Crippen molar-refractivity contribution in [3.63, 3.8) is 0 Å². The van der Waals surface area contributed by atoms with Crippen molar-refractivity contribution >= 4 is 51.8 Å². The normalized spacial score (nSPS) is 24.8. The van der Waals surface area contributed by atoms with Crippen molar-refractivity contribution in [1.29, 1.82) is 0 Å². The molecule has 2 aromatic rings. The smallest absolute Gasteiger partial charge is 0.173 e. The van der Waals surface area contributed by atoms with Gasteiger partial charge >= 0.3 is 0 Å². The summed E-state index contributed by atoms with van der Waals surface area (Å²) < 4.78 is 0. The third-order valence-corrected chi connectivity index (χ3v) is 7.32. The SMILES string of the molecule is Cc1ccccc1NC(=S)N1CC2(C)CN(C(=S)Nc3ccccc3C)CC(C)(C1)C2=O. The van der Waals surface area contributed by atoms with Gasteiger partial charge in [-0.05, 0) is 75.4 Å². The van der Waals surface area contributed by atoms with Crippen LogP contribution in [0.3, 0.4) is 0 Å². The number of aryl methyl sites for hydroxylation is 2. The van der Waals surface area contributed by atoms with Crippen LogP contribution in [0.15, 0.2) is 48.5 Å². The van der Waals surface area contributed by atoms with Crippen LogP contribution in [0.1, 0.15) is 25.0 Å². The van der Waals surface area contributed by atoms with Crippen LogP contribution in [0.25, 0.3) is 0 Å². The fraction of sp³-hybridized carbons (Fsp3) is 0.400. The van der Waals surface area contributed by atoms with Crippen molar-refractivity contribution in [1.82, 2.24) is 9.80 Å². The maximum Gasteiger partial charge on any atom is 0.173 e. The van der Waals surface area contributed by atoms with Gasteiger partial charge in [-0.15, -0.1) is 0 Å². The molecule has 168 valence electrons. The van der Waals surface area contributed by atoms with E-state index >= 15 is 0 Å². The summed E-state index contributed by atoms with van der Waals surface area (Å²) in [5.41, 5.74) is 3.17. The summed E-state index contributed by atoms with van der Waals surface area (Å²) in [6, 6.07) is 16.2. The zero-order valence-electron chi connectivity index (χ0n) is 19.1. The molecule has 0 amide bonds. The van der Waals surface area contributed by atoms with Crippen molar-refractivity contribution in [3.05, 3.63) is 59.7 Å². The second kappa shape index (κ2) is 8.45. The number of nitrogens with zero attached hydrogens (tertiary/aromatic N) is 2. The highest BCUT2D eigenvalue weighted by atomic mass is 32.1. The number of fused-ring (bicyclic) bond motifs is 2. The summed E-state index contributed by atoms with van der Waals surface area (Å²) in [5.74, 6) is 0.301. The first-order chi connectivity index (χ1) is 15.1. The lowest BCUT2D eigenvalue weighted by molar-refractivity contribution is -0.151. The van der Waals surface area contributed by atoms with Crippen molar-refractivity contribution in [2.75, 3.05) is 36.8 Å². The van der Waals surface area contributed by atoms with Gasteiger partial charge in [0.2, 0.25) is 0 Å². The number of ketones is 1. The Bertz CT molecular complexity index is 988. The van der Waals surface area contributed by atoms with E-state index < -0.39 is 10.8 Å². The molecule has 0 atom stereocenters. The quantitative estimate of drug-likeness (QED) is 0.627. The number of Topliss-reactive ketones (excluding diaryl/α,β-unsaturated/α-hetero) is 1. The molecule has 2 aromatic carbocycles. The van der Waals surface area contributed by atoms with Crippen LogP contribution >= 0.6 is 24.4 Å². The van der Waals surface area contributed by atoms with Gasteiger partial charge in [0.1, 0.15) is 0 Å². The first kappa shape index (κ1) is 22.7. The van der Waals surface area contributed by atoms with E-state index in [1.54, 1.807) is 0 Å². The third-order valence-electron chi connectivity index (χ3n) is 6.60. The highest BCUT2D eigenvalue weighted by Gasteiger charge is 2.56. The number of likely N-dealkylation sites (tertiary alicyclic amines) is 2. The van der Waals surface area contributed by atoms with E-state index in [2.05, 4.69) is 46.4 Å². The van der Waals surface area contributed by atoms with Gasteiger partial charge in [-0.3, -0.25) is 4.79 Å². The van der Waals surface area contributed by atoms with Crippen LogP contribution in [0.2, 0.25) is 0 Å². The standard InChI is InChI=1S/C25H30N4OS2/c1-17-9-5-7-11-19(17)26-22(31)28-13-24(3)15-29(16-25(4,14-28)21(24)30)23(32)27-20-12-8-6-10-18(20)2/h5-12H,13-16H2,1-4H3,(H,26,31)(H,27,32). The molecular formula is C25H30N4OS2. The van der Waals surface area contributed by atoms with Crippen molar-refractivity contribution in [2.45, 2.75) is 27.7 Å². The van der Waals surface area contributed by atoms with Crippen LogP contribution in [-0.2, 0) is 4.79 Å². The van der Waals surface area contributed by atoms with Crippen molar-refractivity contribution < 1.29 is 4.79 Å². The first-order valence-electron chi connectivity index (χ1n) is 10.9. The predicted octanol–water partition coefficient (Wildman–Crippen LogP) is 4.61. The average molecular weight is 467 g/mol. The van der Waals surface area contributed by atoms with Gasteiger partial charge in [0.05, 0.1) is 10.8 Å². The van der Waals surface area contributed by atoms with E-state index in [1.807, 2.05) is 50.2 Å². The lowest BCUT2D eigenvalue weighted by Gasteiger charge is -2.56. The first-order valence-corrected chi connectivity index (χ1v) is 11.7. The van der Waals surface area contributed by atoms with Crippen LogP contribution in [-0.4, -0.2) is 52.0 Å². The number of rotatable bonds is 2. The maximum atomic E-state index is 13.4. The molecule has 5 nitrogen and oxygen atoms in total. The van der Waals surface area contributed by atoms with Crippen LogP contribution in [0, 0.1) is 24.7 Å². The van der Waals surface area contributed by atoms with E-state index in [-0.39, 0.29) is 0 Å². The second-order valence-corrected chi connectivity index (χ2v) is 10.4. The topological polar surface area (TPSA) is 47.6 Å². The molecule has 0 aromatic heterocycles. The molecule has 0 saturated carbocycles. The minimum atomic E-state index is -0.555. The lowest BCUT2D eigenvalue weighted by Crippen LogP contribution is -2.70. The monoisotopic (exact) mass is 466 g/mol. The van der Waals surface area contributed by atoms with E-state index in [0.29, 0.717) is 42.2 Å². The van der Waals surface area contributed by atoms with Gasteiger partial charge in [0.25, 0.3) is 0 Å². The van der Waals surface area contributed by atoms with Gasteiger partial charge in [0, 0.05) is 37.6 Å². The summed E-state index contributed by atoms with van der Waals surface area (Å²) >= 11 is 11.5. The lowest BCUT2D eigenvalue weighted by atomic mass is 9.64. The average Bonchev–Trinajstić information content (AvgIpc) is 2.73. The molecule has 0 unspecified atom stereocenters. The molecule has 0 spiro atoms. The molecule has 4 rings (SSSR count). The summed E-state index contributed by atoms with van der Waals surface area (Å²) in [6.45, 7) is 10.5. The molecule has 0 radical (unpaired) electrons. The Morgan fingerprint density at radius 2 is 1.09 bits per heavy atom. The number of para-hydroxylation sites is 2. The molecule has 2 fully saturated rings. The molecule has 2 N–H and O–H groups in total. The molecule has 32 heavy (non-hydrogen) atoms. The highest BCUT2D eigenvalue weighted by Crippen LogP contribution is 2.42. The number of anilines is 2. The Kier molecular flexibility index (Phi) is 5.98. The molecule has 2 heterocycles. The van der Waals surface area contributed by atoms with Gasteiger partial charge in [-0.1, -0.05) is 36.4 Å². The van der Waals surface area contributed by atoms with Gasteiger partial charge in [0.15, 0.2) is 16.0 Å². The number of hydrogen-bond acceptors (Lipinski definition) is 3. The van der Waals surface area contributed by atoms with Gasteiger partial charge in [-0.25, -0.2) is 0 Å². The zero-order chi connectivity index (χ0) is 23.1. The number of piperidine rings is 2. The Hall–Kier alpha value is -2.51. The number of nitrogens with one attached hydrogen (secondary N) is 2. The highest BCUT2D eigenvalue weighted by molar-refractivity contribution is 7.80. The summed E-state index contributed by atoms with van der Waals surface area (Å²) in [4.78, 5) is 17.7. The zero-order valence-corrected chi connectivity index (χ0v) is 20.7. The van der Waals surface area contributed by atoms with E-state index in [9.17, 15) is 4.79 Å².